The predicted molar refractivity (Wildman–Crippen MR) is 63.7 cm³/mol. The third-order valence-corrected chi connectivity index (χ3v) is 3.30. The van der Waals surface area contributed by atoms with Crippen molar-refractivity contribution in [3.63, 3.8) is 0 Å². The molecule has 1 heterocycles. The lowest BCUT2D eigenvalue weighted by Crippen LogP contribution is -2.39. The molecule has 1 aromatic carbocycles. The molecule has 15 heavy (non-hydrogen) atoms. The van der Waals surface area contributed by atoms with E-state index in [1.54, 1.807) is 0 Å². The number of benzene rings is 1. The second-order valence-electron chi connectivity index (χ2n) is 4.44. The molecule has 0 bridgehead atoms. The molecule has 1 fully saturated rings. The summed E-state index contributed by atoms with van der Waals surface area (Å²) in [6, 6.07) is 10.9. The van der Waals surface area contributed by atoms with Gasteiger partial charge in [0.05, 0.1) is 0 Å². The molecule has 0 saturated carbocycles. The first kappa shape index (κ1) is 10.7. The maximum absolute atomic E-state index is 6.25. The molecule has 2 nitrogen and oxygen atoms in total. The molecule has 1 aliphatic rings. The minimum atomic E-state index is 0.328. The fourth-order valence-corrected chi connectivity index (χ4v) is 2.33. The van der Waals surface area contributed by atoms with Crippen LogP contribution in [0.15, 0.2) is 30.3 Å². The van der Waals surface area contributed by atoms with Gasteiger partial charge in [-0.2, -0.15) is 0 Å². The molecule has 2 rings (SSSR count). The number of piperidine rings is 1. The van der Waals surface area contributed by atoms with E-state index in [4.69, 9.17) is 5.73 Å². The number of rotatable bonds is 3. The van der Waals surface area contributed by atoms with Crippen LogP contribution in [-0.2, 0) is 6.42 Å². The highest BCUT2D eigenvalue weighted by Crippen LogP contribution is 2.17. The van der Waals surface area contributed by atoms with Gasteiger partial charge >= 0.3 is 0 Å². The lowest BCUT2D eigenvalue weighted by atomic mass is 9.87. The van der Waals surface area contributed by atoms with Gasteiger partial charge in [0, 0.05) is 6.04 Å². The molecular formula is C13H20N2. The highest BCUT2D eigenvalue weighted by atomic mass is 14.9. The van der Waals surface area contributed by atoms with Gasteiger partial charge in [-0.25, -0.2) is 0 Å². The summed E-state index contributed by atoms with van der Waals surface area (Å²) in [5, 5.41) is 3.38. The van der Waals surface area contributed by atoms with E-state index in [9.17, 15) is 0 Å². The van der Waals surface area contributed by atoms with Crippen LogP contribution in [0.5, 0.6) is 0 Å². The summed E-state index contributed by atoms with van der Waals surface area (Å²) in [6.45, 7) is 2.26. The van der Waals surface area contributed by atoms with Crippen LogP contribution in [0, 0.1) is 5.92 Å². The summed E-state index contributed by atoms with van der Waals surface area (Å²) in [5.74, 6) is 0.700. The summed E-state index contributed by atoms with van der Waals surface area (Å²) >= 11 is 0. The van der Waals surface area contributed by atoms with Crippen LogP contribution in [-0.4, -0.2) is 19.1 Å². The van der Waals surface area contributed by atoms with E-state index in [2.05, 4.69) is 35.6 Å². The van der Waals surface area contributed by atoms with Gasteiger partial charge in [0.25, 0.3) is 0 Å². The lowest BCUT2D eigenvalue weighted by Gasteiger charge is -2.28. The standard InChI is InChI=1S/C13H20N2/c14-13(12-6-8-15-9-7-12)10-11-4-2-1-3-5-11/h1-5,12-13,15H,6-10,14H2. The zero-order chi connectivity index (χ0) is 10.5. The van der Waals surface area contributed by atoms with Gasteiger partial charge in [-0.15, -0.1) is 0 Å². The molecule has 1 unspecified atom stereocenters. The molecule has 1 saturated heterocycles. The van der Waals surface area contributed by atoms with Gasteiger partial charge in [0.2, 0.25) is 0 Å². The van der Waals surface area contributed by atoms with Gasteiger partial charge in [-0.1, -0.05) is 30.3 Å². The Morgan fingerprint density at radius 2 is 1.87 bits per heavy atom. The van der Waals surface area contributed by atoms with Crippen molar-refractivity contribution in [1.29, 1.82) is 0 Å². The third-order valence-electron chi connectivity index (χ3n) is 3.30. The van der Waals surface area contributed by atoms with E-state index in [-0.39, 0.29) is 0 Å². The largest absolute Gasteiger partial charge is 0.327 e. The SMILES string of the molecule is NC(Cc1ccccc1)C1CCNCC1. The molecule has 1 atom stereocenters. The van der Waals surface area contributed by atoms with Crippen LogP contribution >= 0.6 is 0 Å². The fourth-order valence-electron chi connectivity index (χ4n) is 2.33. The molecule has 2 heteroatoms. The Balaban J connectivity index is 1.88. The number of nitrogens with one attached hydrogen (secondary N) is 1. The van der Waals surface area contributed by atoms with E-state index < -0.39 is 0 Å². The third kappa shape index (κ3) is 3.05. The van der Waals surface area contributed by atoms with E-state index in [0.29, 0.717) is 12.0 Å². The van der Waals surface area contributed by atoms with E-state index >= 15 is 0 Å². The summed E-state index contributed by atoms with van der Waals surface area (Å²) < 4.78 is 0. The highest BCUT2D eigenvalue weighted by molar-refractivity contribution is 5.16. The van der Waals surface area contributed by atoms with Gasteiger partial charge < -0.3 is 11.1 Å². The zero-order valence-electron chi connectivity index (χ0n) is 9.15. The quantitative estimate of drug-likeness (QED) is 0.784. The van der Waals surface area contributed by atoms with E-state index in [0.717, 1.165) is 19.5 Å². The van der Waals surface area contributed by atoms with Crippen LogP contribution in [0.1, 0.15) is 18.4 Å². The molecule has 82 valence electrons. The van der Waals surface area contributed by atoms with Crippen molar-refractivity contribution >= 4 is 0 Å². The first-order valence-electron chi connectivity index (χ1n) is 5.86. The van der Waals surface area contributed by atoms with Crippen LogP contribution in [0.25, 0.3) is 0 Å². The van der Waals surface area contributed by atoms with Gasteiger partial charge in [0.15, 0.2) is 0 Å². The molecular weight excluding hydrogens is 184 g/mol. The first-order valence-corrected chi connectivity index (χ1v) is 5.86. The van der Waals surface area contributed by atoms with Gasteiger partial charge in [-0.3, -0.25) is 0 Å². The average Bonchev–Trinajstić information content (AvgIpc) is 2.31. The molecule has 0 radical (unpaired) electrons. The molecule has 3 N–H and O–H groups in total. The van der Waals surface area contributed by atoms with E-state index in [1.807, 2.05) is 0 Å². The Hall–Kier alpha value is -0.860. The molecule has 0 aliphatic carbocycles. The summed E-state index contributed by atoms with van der Waals surface area (Å²) in [4.78, 5) is 0. The first-order chi connectivity index (χ1) is 7.36. The molecule has 0 amide bonds. The minimum Gasteiger partial charge on any atom is -0.327 e. The molecule has 1 aliphatic heterocycles. The Morgan fingerprint density at radius 1 is 1.20 bits per heavy atom. The Morgan fingerprint density at radius 3 is 2.53 bits per heavy atom. The second-order valence-corrected chi connectivity index (χ2v) is 4.44. The van der Waals surface area contributed by atoms with Crippen LogP contribution in [0.3, 0.4) is 0 Å². The fraction of sp³-hybridized carbons (Fsp3) is 0.538. The molecule has 0 aromatic heterocycles. The van der Waals surface area contributed by atoms with E-state index in [1.165, 1.54) is 18.4 Å². The van der Waals surface area contributed by atoms with Crippen molar-refractivity contribution in [2.24, 2.45) is 11.7 Å². The summed E-state index contributed by atoms with van der Waals surface area (Å²) in [5.41, 5.74) is 7.62. The molecule has 0 spiro atoms. The average molecular weight is 204 g/mol. The highest BCUT2D eigenvalue weighted by Gasteiger charge is 2.20. The normalized spacial score (nSPS) is 20.1. The Bertz CT molecular complexity index is 278. The molecule has 1 aromatic rings. The maximum atomic E-state index is 6.25. The summed E-state index contributed by atoms with van der Waals surface area (Å²) in [6.07, 6.45) is 3.48. The Labute approximate surface area is 91.9 Å². The van der Waals surface area contributed by atoms with Crippen molar-refractivity contribution in [3.05, 3.63) is 35.9 Å². The van der Waals surface area contributed by atoms with Crippen LogP contribution in [0.2, 0.25) is 0 Å². The van der Waals surface area contributed by atoms with Crippen molar-refractivity contribution in [1.82, 2.24) is 5.32 Å². The second kappa shape index (κ2) is 5.29. The van der Waals surface area contributed by atoms with Crippen molar-refractivity contribution < 1.29 is 0 Å². The van der Waals surface area contributed by atoms with Crippen LogP contribution < -0.4 is 11.1 Å². The van der Waals surface area contributed by atoms with Crippen molar-refractivity contribution in [2.45, 2.75) is 25.3 Å². The van der Waals surface area contributed by atoms with Crippen LogP contribution in [0.4, 0.5) is 0 Å². The topological polar surface area (TPSA) is 38.0 Å². The number of hydrogen-bond donors (Lipinski definition) is 2. The number of nitrogens with two attached hydrogens (primary N) is 1. The number of hydrogen-bond acceptors (Lipinski definition) is 2. The monoisotopic (exact) mass is 204 g/mol. The van der Waals surface area contributed by atoms with Crippen molar-refractivity contribution in [3.8, 4) is 0 Å². The lowest BCUT2D eigenvalue weighted by molar-refractivity contribution is 0.316. The minimum absolute atomic E-state index is 0.328. The summed E-state index contributed by atoms with van der Waals surface area (Å²) in [7, 11) is 0. The smallest absolute Gasteiger partial charge is 0.0109 e. The zero-order valence-corrected chi connectivity index (χ0v) is 9.15. The Kier molecular flexibility index (Phi) is 3.75. The van der Waals surface area contributed by atoms with Gasteiger partial charge in [0.1, 0.15) is 0 Å². The van der Waals surface area contributed by atoms with Crippen molar-refractivity contribution in [2.75, 3.05) is 13.1 Å². The predicted octanol–water partition coefficient (Wildman–Crippen LogP) is 1.56. The maximum Gasteiger partial charge on any atom is 0.0109 e. The van der Waals surface area contributed by atoms with Gasteiger partial charge in [-0.05, 0) is 43.8 Å².